The van der Waals surface area contributed by atoms with Crippen LogP contribution in [0.2, 0.25) is 15.1 Å². The molecule has 0 amide bonds. The topological polar surface area (TPSA) is 21.3 Å². The van der Waals surface area contributed by atoms with E-state index >= 15 is 0 Å². The number of nitrogens with one attached hydrogen (secondary N) is 1. The van der Waals surface area contributed by atoms with Crippen molar-refractivity contribution in [3.05, 3.63) is 27.2 Å². The summed E-state index contributed by atoms with van der Waals surface area (Å²) in [4.78, 5) is 0. The third-order valence-corrected chi connectivity index (χ3v) is 3.96. The smallest absolute Gasteiger partial charge is 0.140 e. The molecule has 0 saturated heterocycles. The lowest BCUT2D eigenvalue weighted by Gasteiger charge is -2.21. The van der Waals surface area contributed by atoms with Crippen molar-refractivity contribution in [2.75, 3.05) is 6.54 Å². The van der Waals surface area contributed by atoms with Gasteiger partial charge in [0.25, 0.3) is 0 Å². The molecule has 1 saturated carbocycles. The number of hydrogen-bond donors (Lipinski definition) is 1. The van der Waals surface area contributed by atoms with E-state index in [9.17, 15) is 0 Å². The van der Waals surface area contributed by atoms with Gasteiger partial charge < -0.3 is 10.1 Å². The summed E-state index contributed by atoms with van der Waals surface area (Å²) in [6.45, 7) is 5.05. The van der Waals surface area contributed by atoms with Crippen LogP contribution in [0.4, 0.5) is 0 Å². The van der Waals surface area contributed by atoms with Crippen LogP contribution >= 0.6 is 34.8 Å². The molecule has 100 valence electrons. The Morgan fingerprint density at radius 1 is 1.17 bits per heavy atom. The Morgan fingerprint density at radius 3 is 2.33 bits per heavy atom. The second-order valence-electron chi connectivity index (χ2n) is 5.02. The van der Waals surface area contributed by atoms with E-state index in [0.717, 1.165) is 19.4 Å². The zero-order valence-corrected chi connectivity index (χ0v) is 12.7. The second-order valence-corrected chi connectivity index (χ2v) is 6.24. The Labute approximate surface area is 123 Å². The van der Waals surface area contributed by atoms with Crippen molar-refractivity contribution in [1.82, 2.24) is 5.32 Å². The molecule has 18 heavy (non-hydrogen) atoms. The fourth-order valence-electron chi connectivity index (χ4n) is 1.66. The SMILES string of the molecule is CC(C)NCC1(Oc2cc(Cl)c(Cl)cc2Cl)CC1. The zero-order valence-electron chi connectivity index (χ0n) is 10.4. The molecule has 1 aliphatic carbocycles. The largest absolute Gasteiger partial charge is 0.484 e. The van der Waals surface area contributed by atoms with Gasteiger partial charge in [-0.3, -0.25) is 0 Å². The molecule has 0 unspecified atom stereocenters. The molecule has 0 radical (unpaired) electrons. The predicted octanol–water partition coefficient (Wildman–Crippen LogP) is 4.56. The first kappa shape index (κ1) is 14.3. The molecule has 0 bridgehead atoms. The van der Waals surface area contributed by atoms with Gasteiger partial charge in [0.05, 0.1) is 15.1 Å². The summed E-state index contributed by atoms with van der Waals surface area (Å²) in [5, 5.41) is 4.79. The highest BCUT2D eigenvalue weighted by atomic mass is 35.5. The van der Waals surface area contributed by atoms with E-state index in [1.807, 2.05) is 0 Å². The highest BCUT2D eigenvalue weighted by molar-refractivity contribution is 6.43. The Balaban J connectivity index is 2.07. The van der Waals surface area contributed by atoms with Crippen LogP contribution in [0.15, 0.2) is 12.1 Å². The highest BCUT2D eigenvalue weighted by Crippen LogP contribution is 2.43. The van der Waals surface area contributed by atoms with E-state index in [2.05, 4.69) is 19.2 Å². The summed E-state index contributed by atoms with van der Waals surface area (Å²) in [6.07, 6.45) is 2.06. The summed E-state index contributed by atoms with van der Waals surface area (Å²) >= 11 is 18.0. The van der Waals surface area contributed by atoms with E-state index in [4.69, 9.17) is 39.5 Å². The highest BCUT2D eigenvalue weighted by Gasteiger charge is 2.45. The van der Waals surface area contributed by atoms with Crippen molar-refractivity contribution in [2.45, 2.75) is 38.3 Å². The summed E-state index contributed by atoms with van der Waals surface area (Å²) in [7, 11) is 0. The third-order valence-electron chi connectivity index (χ3n) is 2.94. The van der Waals surface area contributed by atoms with Crippen molar-refractivity contribution in [1.29, 1.82) is 0 Å². The van der Waals surface area contributed by atoms with E-state index in [-0.39, 0.29) is 5.60 Å². The van der Waals surface area contributed by atoms with Gasteiger partial charge in [0.2, 0.25) is 0 Å². The normalized spacial score (nSPS) is 17.0. The summed E-state index contributed by atoms with van der Waals surface area (Å²) in [5.74, 6) is 0.606. The molecule has 0 heterocycles. The number of halogens is 3. The first-order valence-electron chi connectivity index (χ1n) is 5.99. The quantitative estimate of drug-likeness (QED) is 0.805. The van der Waals surface area contributed by atoms with Crippen molar-refractivity contribution in [3.8, 4) is 5.75 Å². The van der Waals surface area contributed by atoms with Crippen LogP contribution in [-0.2, 0) is 0 Å². The van der Waals surface area contributed by atoms with Gasteiger partial charge in [0.1, 0.15) is 11.4 Å². The van der Waals surface area contributed by atoms with Crippen LogP contribution in [0.1, 0.15) is 26.7 Å². The fraction of sp³-hybridized carbons (Fsp3) is 0.538. The first-order valence-corrected chi connectivity index (χ1v) is 7.12. The van der Waals surface area contributed by atoms with Crippen LogP contribution < -0.4 is 10.1 Å². The lowest BCUT2D eigenvalue weighted by Crippen LogP contribution is -2.37. The maximum atomic E-state index is 6.11. The van der Waals surface area contributed by atoms with E-state index in [0.29, 0.717) is 26.9 Å². The van der Waals surface area contributed by atoms with Gasteiger partial charge in [0, 0.05) is 18.7 Å². The Hall–Kier alpha value is -0.150. The van der Waals surface area contributed by atoms with Crippen LogP contribution in [0.3, 0.4) is 0 Å². The molecule has 1 aromatic carbocycles. The molecule has 1 aromatic rings. The van der Waals surface area contributed by atoms with Gasteiger partial charge in [0.15, 0.2) is 0 Å². The maximum Gasteiger partial charge on any atom is 0.140 e. The van der Waals surface area contributed by atoms with Gasteiger partial charge >= 0.3 is 0 Å². The summed E-state index contributed by atoms with van der Waals surface area (Å²) in [6, 6.07) is 3.74. The number of ether oxygens (including phenoxy) is 1. The monoisotopic (exact) mass is 307 g/mol. The molecular weight excluding hydrogens is 293 g/mol. The molecule has 2 nitrogen and oxygen atoms in total. The molecule has 1 aliphatic rings. The number of benzene rings is 1. The summed E-state index contributed by atoms with van der Waals surface area (Å²) in [5.41, 5.74) is -0.134. The van der Waals surface area contributed by atoms with Gasteiger partial charge in [-0.25, -0.2) is 0 Å². The minimum absolute atomic E-state index is 0.134. The molecule has 1 N–H and O–H groups in total. The molecule has 0 aliphatic heterocycles. The predicted molar refractivity (Wildman–Crippen MR) is 77.2 cm³/mol. The Kier molecular flexibility index (Phi) is 4.32. The molecule has 1 fully saturated rings. The fourth-order valence-corrected chi connectivity index (χ4v) is 2.24. The van der Waals surface area contributed by atoms with Crippen LogP contribution in [0.25, 0.3) is 0 Å². The van der Waals surface area contributed by atoms with E-state index in [1.165, 1.54) is 0 Å². The lowest BCUT2D eigenvalue weighted by molar-refractivity contribution is 0.172. The minimum Gasteiger partial charge on any atom is -0.484 e. The van der Waals surface area contributed by atoms with Gasteiger partial charge in [-0.15, -0.1) is 0 Å². The van der Waals surface area contributed by atoms with Gasteiger partial charge in [-0.05, 0) is 18.9 Å². The molecule has 2 rings (SSSR count). The Bertz CT molecular complexity index is 444. The second kappa shape index (κ2) is 5.46. The zero-order chi connectivity index (χ0) is 13.3. The van der Waals surface area contributed by atoms with Crippen LogP contribution in [0, 0.1) is 0 Å². The average molecular weight is 309 g/mol. The Morgan fingerprint density at radius 2 is 1.78 bits per heavy atom. The summed E-state index contributed by atoms with van der Waals surface area (Å²) < 4.78 is 5.99. The average Bonchev–Trinajstić information content (AvgIpc) is 3.04. The third kappa shape index (κ3) is 3.45. The minimum atomic E-state index is -0.134. The van der Waals surface area contributed by atoms with Crippen molar-refractivity contribution in [3.63, 3.8) is 0 Å². The van der Waals surface area contributed by atoms with Gasteiger partial charge in [-0.2, -0.15) is 0 Å². The molecule has 0 atom stereocenters. The first-order chi connectivity index (χ1) is 8.42. The standard InChI is InChI=1S/C13H16Cl3NO/c1-8(2)17-7-13(3-4-13)18-12-6-10(15)9(14)5-11(12)16/h5-6,8,17H,3-4,7H2,1-2H3. The molecule has 0 spiro atoms. The van der Waals surface area contributed by atoms with Gasteiger partial charge in [-0.1, -0.05) is 48.7 Å². The lowest BCUT2D eigenvalue weighted by atomic mass is 10.3. The number of hydrogen-bond acceptors (Lipinski definition) is 2. The number of rotatable bonds is 5. The van der Waals surface area contributed by atoms with Crippen LogP contribution in [-0.4, -0.2) is 18.2 Å². The van der Waals surface area contributed by atoms with E-state index in [1.54, 1.807) is 12.1 Å². The van der Waals surface area contributed by atoms with Crippen LogP contribution in [0.5, 0.6) is 5.75 Å². The van der Waals surface area contributed by atoms with E-state index < -0.39 is 0 Å². The van der Waals surface area contributed by atoms with Crippen molar-refractivity contribution >= 4 is 34.8 Å². The molecular formula is C13H16Cl3NO. The molecule has 0 aromatic heterocycles. The van der Waals surface area contributed by atoms with Crippen molar-refractivity contribution < 1.29 is 4.74 Å². The maximum absolute atomic E-state index is 6.11. The molecule has 5 heteroatoms. The van der Waals surface area contributed by atoms with Crippen molar-refractivity contribution in [2.24, 2.45) is 0 Å².